The van der Waals surface area contributed by atoms with Crippen LogP contribution in [0.25, 0.3) is 11.1 Å². The summed E-state index contributed by atoms with van der Waals surface area (Å²) in [5.74, 6) is -0.419. The average molecular weight is 271 g/mol. The van der Waals surface area contributed by atoms with Gasteiger partial charge in [-0.3, -0.25) is 0 Å². The fraction of sp³-hybridized carbons (Fsp3) is 0.0769. The van der Waals surface area contributed by atoms with Crippen molar-refractivity contribution in [2.45, 2.75) is 6.61 Å². The van der Waals surface area contributed by atoms with Crippen LogP contribution in [0.2, 0.25) is 10.0 Å². The third kappa shape index (κ3) is 2.44. The van der Waals surface area contributed by atoms with Crippen LogP contribution in [0.3, 0.4) is 0 Å². The van der Waals surface area contributed by atoms with E-state index in [0.29, 0.717) is 26.7 Å². The standard InChI is InChI=1S/C13H9Cl2FO/c14-10-2-1-3-11(15)13(10)9-6-8(7-17)4-5-12(9)16/h1-6,17H,7H2. The first-order chi connectivity index (χ1) is 8.13. The van der Waals surface area contributed by atoms with Gasteiger partial charge in [0.15, 0.2) is 0 Å². The van der Waals surface area contributed by atoms with Crippen LogP contribution >= 0.6 is 23.2 Å². The summed E-state index contributed by atoms with van der Waals surface area (Å²) in [6.07, 6.45) is 0. The van der Waals surface area contributed by atoms with Crippen LogP contribution in [-0.4, -0.2) is 5.11 Å². The van der Waals surface area contributed by atoms with Gasteiger partial charge in [0.25, 0.3) is 0 Å². The predicted molar refractivity (Wildman–Crippen MR) is 67.8 cm³/mol. The quantitative estimate of drug-likeness (QED) is 0.863. The lowest BCUT2D eigenvalue weighted by molar-refractivity contribution is 0.282. The predicted octanol–water partition coefficient (Wildman–Crippen LogP) is 4.29. The second-order valence-corrected chi connectivity index (χ2v) is 4.38. The van der Waals surface area contributed by atoms with Crippen molar-refractivity contribution >= 4 is 23.2 Å². The van der Waals surface area contributed by atoms with Crippen LogP contribution in [0.15, 0.2) is 36.4 Å². The molecule has 0 aliphatic carbocycles. The lowest BCUT2D eigenvalue weighted by atomic mass is 10.0. The molecule has 1 nitrogen and oxygen atoms in total. The normalized spacial score (nSPS) is 10.6. The van der Waals surface area contributed by atoms with Crippen LogP contribution in [0.5, 0.6) is 0 Å². The number of rotatable bonds is 2. The van der Waals surface area contributed by atoms with Crippen LogP contribution < -0.4 is 0 Å². The third-order valence-electron chi connectivity index (χ3n) is 2.45. The minimum absolute atomic E-state index is 0.157. The molecule has 0 amide bonds. The Morgan fingerprint density at radius 2 is 1.71 bits per heavy atom. The maximum Gasteiger partial charge on any atom is 0.131 e. The third-order valence-corrected chi connectivity index (χ3v) is 3.08. The minimum atomic E-state index is -0.419. The number of hydrogen-bond acceptors (Lipinski definition) is 1. The Morgan fingerprint density at radius 3 is 2.29 bits per heavy atom. The van der Waals surface area contributed by atoms with Gasteiger partial charge < -0.3 is 5.11 Å². The van der Waals surface area contributed by atoms with Gasteiger partial charge in [-0.15, -0.1) is 0 Å². The SMILES string of the molecule is OCc1ccc(F)c(-c2c(Cl)cccc2Cl)c1. The number of hydrogen-bond donors (Lipinski definition) is 1. The highest BCUT2D eigenvalue weighted by Gasteiger charge is 2.13. The highest BCUT2D eigenvalue weighted by Crippen LogP contribution is 2.36. The van der Waals surface area contributed by atoms with Crippen molar-refractivity contribution in [3.63, 3.8) is 0 Å². The zero-order valence-corrected chi connectivity index (χ0v) is 10.3. The van der Waals surface area contributed by atoms with E-state index >= 15 is 0 Å². The van der Waals surface area contributed by atoms with Crippen LogP contribution in [-0.2, 0) is 6.61 Å². The lowest BCUT2D eigenvalue weighted by Gasteiger charge is -2.09. The molecule has 0 saturated heterocycles. The molecule has 0 bridgehead atoms. The zero-order valence-electron chi connectivity index (χ0n) is 8.75. The van der Waals surface area contributed by atoms with Gasteiger partial charge in [-0.05, 0) is 29.8 Å². The smallest absolute Gasteiger partial charge is 0.131 e. The van der Waals surface area contributed by atoms with E-state index in [4.69, 9.17) is 28.3 Å². The number of aliphatic hydroxyl groups is 1. The molecule has 0 fully saturated rings. The topological polar surface area (TPSA) is 20.2 Å². The Bertz CT molecular complexity index is 535. The first kappa shape index (κ1) is 12.4. The molecule has 0 saturated carbocycles. The Kier molecular flexibility index (Phi) is 3.67. The Labute approximate surface area is 108 Å². The molecule has 0 spiro atoms. The summed E-state index contributed by atoms with van der Waals surface area (Å²) >= 11 is 12.0. The van der Waals surface area contributed by atoms with Crippen LogP contribution in [0.4, 0.5) is 4.39 Å². The van der Waals surface area contributed by atoms with E-state index in [1.165, 1.54) is 12.1 Å². The molecule has 0 aliphatic rings. The molecule has 1 N–H and O–H groups in total. The van der Waals surface area contributed by atoms with Crippen molar-refractivity contribution in [2.24, 2.45) is 0 Å². The summed E-state index contributed by atoms with van der Waals surface area (Å²) in [6.45, 7) is -0.157. The summed E-state index contributed by atoms with van der Waals surface area (Å²) in [7, 11) is 0. The van der Waals surface area contributed by atoms with E-state index in [-0.39, 0.29) is 6.61 Å². The monoisotopic (exact) mass is 270 g/mol. The molecule has 0 aromatic heterocycles. The Hall–Kier alpha value is -1.09. The molecule has 0 radical (unpaired) electrons. The van der Waals surface area contributed by atoms with Crippen LogP contribution in [0, 0.1) is 5.82 Å². The molecule has 4 heteroatoms. The highest BCUT2D eigenvalue weighted by atomic mass is 35.5. The van der Waals surface area contributed by atoms with Gasteiger partial charge in [-0.2, -0.15) is 0 Å². The molecule has 2 aromatic carbocycles. The second kappa shape index (κ2) is 5.05. The lowest BCUT2D eigenvalue weighted by Crippen LogP contribution is -1.91. The van der Waals surface area contributed by atoms with Gasteiger partial charge in [0.05, 0.1) is 6.61 Å². The van der Waals surface area contributed by atoms with Gasteiger partial charge in [0, 0.05) is 21.2 Å². The molecular weight excluding hydrogens is 262 g/mol. The summed E-state index contributed by atoms with van der Waals surface area (Å²) in [5.41, 5.74) is 1.35. The summed E-state index contributed by atoms with van der Waals surface area (Å²) in [4.78, 5) is 0. The maximum atomic E-state index is 13.8. The van der Waals surface area contributed by atoms with E-state index < -0.39 is 5.82 Å². The van der Waals surface area contributed by atoms with E-state index in [1.54, 1.807) is 24.3 Å². The van der Waals surface area contributed by atoms with Gasteiger partial charge in [0.2, 0.25) is 0 Å². The maximum absolute atomic E-state index is 13.8. The Morgan fingerprint density at radius 1 is 1.06 bits per heavy atom. The van der Waals surface area contributed by atoms with Crippen molar-refractivity contribution in [1.82, 2.24) is 0 Å². The number of halogens is 3. The van der Waals surface area contributed by atoms with E-state index in [0.717, 1.165) is 0 Å². The summed E-state index contributed by atoms with van der Waals surface area (Å²) in [6, 6.07) is 9.34. The number of aliphatic hydroxyl groups excluding tert-OH is 1. The Balaban J connectivity index is 2.67. The number of benzene rings is 2. The highest BCUT2D eigenvalue weighted by molar-refractivity contribution is 6.39. The van der Waals surface area contributed by atoms with Crippen molar-refractivity contribution < 1.29 is 9.50 Å². The molecule has 0 unspecified atom stereocenters. The van der Waals surface area contributed by atoms with Gasteiger partial charge >= 0.3 is 0 Å². The fourth-order valence-corrected chi connectivity index (χ4v) is 2.22. The molecule has 2 aromatic rings. The van der Waals surface area contributed by atoms with Gasteiger partial charge in [-0.25, -0.2) is 4.39 Å². The zero-order chi connectivity index (χ0) is 12.4. The molecule has 2 rings (SSSR count). The van der Waals surface area contributed by atoms with Crippen molar-refractivity contribution in [3.05, 3.63) is 57.8 Å². The second-order valence-electron chi connectivity index (χ2n) is 3.57. The molecule has 0 heterocycles. The molecule has 88 valence electrons. The molecular formula is C13H9Cl2FO. The molecule has 0 atom stereocenters. The first-order valence-electron chi connectivity index (χ1n) is 4.97. The van der Waals surface area contributed by atoms with Crippen molar-refractivity contribution in [3.8, 4) is 11.1 Å². The van der Waals surface area contributed by atoms with Gasteiger partial charge in [0.1, 0.15) is 5.82 Å². The molecule has 0 aliphatic heterocycles. The summed E-state index contributed by atoms with van der Waals surface area (Å²) < 4.78 is 13.8. The minimum Gasteiger partial charge on any atom is -0.392 e. The first-order valence-corrected chi connectivity index (χ1v) is 5.72. The van der Waals surface area contributed by atoms with E-state index in [9.17, 15) is 4.39 Å². The average Bonchev–Trinajstić information content (AvgIpc) is 2.31. The van der Waals surface area contributed by atoms with Crippen LogP contribution in [0.1, 0.15) is 5.56 Å². The van der Waals surface area contributed by atoms with Crippen molar-refractivity contribution in [1.29, 1.82) is 0 Å². The largest absolute Gasteiger partial charge is 0.392 e. The van der Waals surface area contributed by atoms with E-state index in [1.807, 2.05) is 0 Å². The van der Waals surface area contributed by atoms with Gasteiger partial charge in [-0.1, -0.05) is 35.3 Å². The molecule has 17 heavy (non-hydrogen) atoms. The van der Waals surface area contributed by atoms with E-state index in [2.05, 4.69) is 0 Å². The summed E-state index contributed by atoms with van der Waals surface area (Å²) in [5, 5.41) is 9.81. The van der Waals surface area contributed by atoms with Crippen molar-refractivity contribution in [2.75, 3.05) is 0 Å². The fourth-order valence-electron chi connectivity index (χ4n) is 1.62.